The van der Waals surface area contributed by atoms with Gasteiger partial charge in [-0.2, -0.15) is 0 Å². The minimum atomic E-state index is -0.391. The molecule has 1 unspecified atom stereocenters. The number of carbonyl (C=O) groups excluding carboxylic acids is 1. The lowest BCUT2D eigenvalue weighted by Crippen LogP contribution is -2.51. The van der Waals surface area contributed by atoms with E-state index >= 15 is 0 Å². The Morgan fingerprint density at radius 1 is 1.64 bits per heavy atom. The third kappa shape index (κ3) is 4.43. The first kappa shape index (κ1) is 11.3. The van der Waals surface area contributed by atoms with E-state index in [2.05, 4.69) is 16.2 Å². The number of hydrazine groups is 1. The number of hydrogen-bond donors (Lipinski definition) is 3. The Balaban J connectivity index is 2.03. The van der Waals surface area contributed by atoms with E-state index in [0.29, 0.717) is 12.6 Å². The minimum absolute atomic E-state index is 0.318. The standard InChI is InChI=1S/C9H19N3O2/c1-2-6-14-9(13)12-11-8-4-3-5-10-7-8/h8,10-11H,2-7H2,1H3,(H,12,13). The molecule has 1 aliphatic heterocycles. The molecule has 3 N–H and O–H groups in total. The molecule has 1 atom stereocenters. The molecule has 0 bridgehead atoms. The smallest absolute Gasteiger partial charge is 0.421 e. The Bertz CT molecular complexity index is 169. The molecule has 0 radical (unpaired) electrons. The van der Waals surface area contributed by atoms with Crippen LogP contribution in [0.3, 0.4) is 0 Å². The third-order valence-electron chi connectivity index (χ3n) is 2.11. The zero-order valence-corrected chi connectivity index (χ0v) is 8.64. The summed E-state index contributed by atoms with van der Waals surface area (Å²) in [6.45, 7) is 4.40. The molecule has 0 aromatic heterocycles. The zero-order chi connectivity index (χ0) is 10.2. The minimum Gasteiger partial charge on any atom is -0.449 e. The van der Waals surface area contributed by atoms with Crippen LogP contribution < -0.4 is 16.2 Å². The van der Waals surface area contributed by atoms with Crippen molar-refractivity contribution < 1.29 is 9.53 Å². The summed E-state index contributed by atoms with van der Waals surface area (Å²) in [4.78, 5) is 11.0. The first-order valence-corrected chi connectivity index (χ1v) is 5.22. The SMILES string of the molecule is CCCOC(=O)NNC1CCCNC1. The van der Waals surface area contributed by atoms with Crippen molar-refractivity contribution in [1.29, 1.82) is 0 Å². The summed E-state index contributed by atoms with van der Waals surface area (Å²) in [6, 6.07) is 0.318. The van der Waals surface area contributed by atoms with E-state index < -0.39 is 6.09 Å². The number of rotatable bonds is 4. The van der Waals surface area contributed by atoms with Gasteiger partial charge < -0.3 is 10.1 Å². The van der Waals surface area contributed by atoms with Gasteiger partial charge in [0.25, 0.3) is 0 Å². The van der Waals surface area contributed by atoms with Gasteiger partial charge in [-0.25, -0.2) is 10.2 Å². The molecule has 1 heterocycles. The molecule has 1 amide bonds. The summed E-state index contributed by atoms with van der Waals surface area (Å²) >= 11 is 0. The molecule has 5 nitrogen and oxygen atoms in total. The van der Waals surface area contributed by atoms with Crippen molar-refractivity contribution in [3.05, 3.63) is 0 Å². The molecule has 82 valence electrons. The topological polar surface area (TPSA) is 62.4 Å². The number of amides is 1. The lowest BCUT2D eigenvalue weighted by Gasteiger charge is -2.23. The Hall–Kier alpha value is -0.810. The van der Waals surface area contributed by atoms with Gasteiger partial charge in [0.2, 0.25) is 0 Å². The fraction of sp³-hybridized carbons (Fsp3) is 0.889. The van der Waals surface area contributed by atoms with Crippen molar-refractivity contribution in [2.75, 3.05) is 19.7 Å². The molecule has 0 aromatic rings. The van der Waals surface area contributed by atoms with Gasteiger partial charge in [-0.3, -0.25) is 5.43 Å². The third-order valence-corrected chi connectivity index (χ3v) is 2.11. The summed E-state index contributed by atoms with van der Waals surface area (Å²) in [7, 11) is 0. The zero-order valence-electron chi connectivity index (χ0n) is 8.64. The summed E-state index contributed by atoms with van der Waals surface area (Å²) in [5.41, 5.74) is 5.48. The molecule has 14 heavy (non-hydrogen) atoms. The predicted molar refractivity (Wildman–Crippen MR) is 53.8 cm³/mol. The highest BCUT2D eigenvalue weighted by atomic mass is 16.6. The first-order chi connectivity index (χ1) is 6.83. The summed E-state index contributed by atoms with van der Waals surface area (Å²) in [5.74, 6) is 0. The first-order valence-electron chi connectivity index (χ1n) is 5.22. The maximum absolute atomic E-state index is 11.0. The number of ether oxygens (including phenoxy) is 1. The summed E-state index contributed by atoms with van der Waals surface area (Å²) in [6.07, 6.45) is 2.68. The van der Waals surface area contributed by atoms with E-state index in [-0.39, 0.29) is 0 Å². The second-order valence-electron chi connectivity index (χ2n) is 3.45. The molecule has 0 spiro atoms. The second-order valence-corrected chi connectivity index (χ2v) is 3.45. The van der Waals surface area contributed by atoms with Crippen molar-refractivity contribution in [3.8, 4) is 0 Å². The van der Waals surface area contributed by atoms with E-state index in [1.54, 1.807) is 0 Å². The van der Waals surface area contributed by atoms with Crippen LogP contribution in [0, 0.1) is 0 Å². The van der Waals surface area contributed by atoms with Gasteiger partial charge in [0, 0.05) is 12.6 Å². The monoisotopic (exact) mass is 201 g/mol. The molecule has 0 aliphatic carbocycles. The van der Waals surface area contributed by atoms with Crippen LogP contribution in [0.5, 0.6) is 0 Å². The van der Waals surface area contributed by atoms with Gasteiger partial charge >= 0.3 is 6.09 Å². The van der Waals surface area contributed by atoms with E-state index in [0.717, 1.165) is 32.4 Å². The fourth-order valence-electron chi connectivity index (χ4n) is 1.37. The van der Waals surface area contributed by atoms with Crippen LogP contribution in [0.25, 0.3) is 0 Å². The lowest BCUT2D eigenvalue weighted by atomic mass is 10.1. The summed E-state index contributed by atoms with van der Waals surface area (Å²) < 4.78 is 4.85. The molecule has 1 aliphatic rings. The van der Waals surface area contributed by atoms with Gasteiger partial charge in [-0.1, -0.05) is 6.92 Å². The molecular formula is C9H19N3O2. The molecule has 1 fully saturated rings. The van der Waals surface area contributed by atoms with Gasteiger partial charge in [0.1, 0.15) is 0 Å². The molecule has 1 rings (SSSR count). The normalized spacial score (nSPS) is 21.6. The molecule has 5 heteroatoms. The van der Waals surface area contributed by atoms with Gasteiger partial charge in [-0.15, -0.1) is 0 Å². The van der Waals surface area contributed by atoms with Gasteiger partial charge in [-0.05, 0) is 25.8 Å². The summed E-state index contributed by atoms with van der Waals surface area (Å²) in [5, 5.41) is 3.25. The number of carbonyl (C=O) groups is 1. The Kier molecular flexibility index (Phi) is 5.32. The van der Waals surface area contributed by atoms with Crippen molar-refractivity contribution in [2.45, 2.75) is 32.2 Å². The maximum atomic E-state index is 11.0. The van der Waals surface area contributed by atoms with Crippen LogP contribution in [0.2, 0.25) is 0 Å². The maximum Gasteiger partial charge on any atom is 0.421 e. The van der Waals surface area contributed by atoms with Crippen LogP contribution in [0.4, 0.5) is 4.79 Å². The van der Waals surface area contributed by atoms with E-state index in [1.165, 1.54) is 0 Å². The predicted octanol–water partition coefficient (Wildman–Crippen LogP) is 0.379. The largest absolute Gasteiger partial charge is 0.449 e. The highest BCUT2D eigenvalue weighted by Gasteiger charge is 2.12. The molecule has 0 aromatic carbocycles. The quantitative estimate of drug-likeness (QED) is 0.575. The highest BCUT2D eigenvalue weighted by Crippen LogP contribution is 1.99. The van der Waals surface area contributed by atoms with Crippen molar-refractivity contribution in [2.24, 2.45) is 0 Å². The van der Waals surface area contributed by atoms with E-state index in [9.17, 15) is 4.79 Å². The van der Waals surface area contributed by atoms with Crippen LogP contribution in [0.1, 0.15) is 26.2 Å². The van der Waals surface area contributed by atoms with E-state index in [4.69, 9.17) is 4.74 Å². The van der Waals surface area contributed by atoms with Crippen molar-refractivity contribution in [1.82, 2.24) is 16.2 Å². The van der Waals surface area contributed by atoms with E-state index in [1.807, 2.05) is 6.92 Å². The van der Waals surface area contributed by atoms with Crippen LogP contribution in [0.15, 0.2) is 0 Å². The number of nitrogens with one attached hydrogen (secondary N) is 3. The molecule has 0 saturated carbocycles. The van der Waals surface area contributed by atoms with Crippen LogP contribution >= 0.6 is 0 Å². The average Bonchev–Trinajstić information content (AvgIpc) is 2.25. The molecule has 1 saturated heterocycles. The lowest BCUT2D eigenvalue weighted by molar-refractivity contribution is 0.138. The number of hydrogen-bond acceptors (Lipinski definition) is 4. The molecular weight excluding hydrogens is 182 g/mol. The van der Waals surface area contributed by atoms with Gasteiger partial charge in [0.15, 0.2) is 0 Å². The Morgan fingerprint density at radius 3 is 3.14 bits per heavy atom. The van der Waals surface area contributed by atoms with Gasteiger partial charge in [0.05, 0.1) is 6.61 Å². The number of piperidine rings is 1. The Morgan fingerprint density at radius 2 is 2.50 bits per heavy atom. The second kappa shape index (κ2) is 6.62. The fourth-order valence-corrected chi connectivity index (χ4v) is 1.37. The average molecular weight is 201 g/mol. The van der Waals surface area contributed by atoms with Crippen LogP contribution in [-0.2, 0) is 4.74 Å². The van der Waals surface area contributed by atoms with Crippen molar-refractivity contribution >= 4 is 6.09 Å². The van der Waals surface area contributed by atoms with Crippen molar-refractivity contribution in [3.63, 3.8) is 0 Å². The Labute approximate surface area is 84.5 Å². The highest BCUT2D eigenvalue weighted by molar-refractivity contribution is 5.66. The van der Waals surface area contributed by atoms with Crippen LogP contribution in [-0.4, -0.2) is 31.8 Å².